The molecule has 3 rings (SSSR count). The summed E-state index contributed by atoms with van der Waals surface area (Å²) < 4.78 is 0. The molecule has 5 heteroatoms. The Labute approximate surface area is 118 Å². The fourth-order valence-electron chi connectivity index (χ4n) is 2.56. The zero-order chi connectivity index (χ0) is 13.8. The molecule has 104 valence electrons. The molecule has 2 heterocycles. The molecule has 0 atom stereocenters. The molecular weight excluding hydrogens is 250 g/mol. The number of anilines is 1. The van der Waals surface area contributed by atoms with E-state index >= 15 is 0 Å². The maximum Gasteiger partial charge on any atom is 0.148 e. The normalized spacial score (nSPS) is 22.4. The average Bonchev–Trinajstić information content (AvgIpc) is 2.51. The summed E-state index contributed by atoms with van der Waals surface area (Å²) >= 11 is 0. The lowest BCUT2D eigenvalue weighted by Gasteiger charge is -2.26. The lowest BCUT2D eigenvalue weighted by Crippen LogP contribution is -2.33. The van der Waals surface area contributed by atoms with E-state index in [1.165, 1.54) is 0 Å². The number of nitrogens with two attached hydrogens (primary N) is 1. The van der Waals surface area contributed by atoms with E-state index in [1.807, 2.05) is 24.3 Å². The van der Waals surface area contributed by atoms with Gasteiger partial charge in [0.2, 0.25) is 0 Å². The Kier molecular flexibility index (Phi) is 3.87. The van der Waals surface area contributed by atoms with Gasteiger partial charge in [-0.2, -0.15) is 0 Å². The maximum absolute atomic E-state index is 5.91. The van der Waals surface area contributed by atoms with Crippen molar-refractivity contribution in [3.8, 4) is 11.3 Å². The topological polar surface area (TPSA) is 76.7 Å². The van der Waals surface area contributed by atoms with Crippen molar-refractivity contribution in [3.63, 3.8) is 0 Å². The van der Waals surface area contributed by atoms with E-state index in [4.69, 9.17) is 5.73 Å². The highest BCUT2D eigenvalue weighted by molar-refractivity contribution is 5.58. The molecule has 1 saturated carbocycles. The van der Waals surface area contributed by atoms with Crippen LogP contribution in [0.1, 0.15) is 25.7 Å². The van der Waals surface area contributed by atoms with Crippen LogP contribution in [0, 0.1) is 0 Å². The predicted octanol–water partition coefficient (Wildman–Crippen LogP) is 2.22. The molecule has 2 aromatic heterocycles. The highest BCUT2D eigenvalue weighted by atomic mass is 15.2. The van der Waals surface area contributed by atoms with Gasteiger partial charge in [0, 0.05) is 30.0 Å². The first-order valence-corrected chi connectivity index (χ1v) is 7.07. The fourth-order valence-corrected chi connectivity index (χ4v) is 2.56. The zero-order valence-electron chi connectivity index (χ0n) is 11.4. The summed E-state index contributed by atoms with van der Waals surface area (Å²) in [5, 5.41) is 12.0. The molecule has 0 spiro atoms. The molecule has 0 aromatic carbocycles. The molecule has 0 radical (unpaired) electrons. The largest absolute Gasteiger partial charge is 0.366 e. The van der Waals surface area contributed by atoms with Crippen LogP contribution in [0.5, 0.6) is 0 Å². The van der Waals surface area contributed by atoms with E-state index < -0.39 is 0 Å². The third kappa shape index (κ3) is 3.11. The average molecular weight is 269 g/mol. The first kappa shape index (κ1) is 13.0. The van der Waals surface area contributed by atoms with Gasteiger partial charge >= 0.3 is 0 Å². The number of hydrogen-bond donors (Lipinski definition) is 2. The first-order valence-electron chi connectivity index (χ1n) is 7.07. The molecule has 0 unspecified atom stereocenters. The van der Waals surface area contributed by atoms with Gasteiger partial charge in [-0.05, 0) is 49.9 Å². The van der Waals surface area contributed by atoms with Crippen molar-refractivity contribution >= 4 is 5.82 Å². The second-order valence-electron chi connectivity index (χ2n) is 5.30. The van der Waals surface area contributed by atoms with E-state index in [0.717, 1.165) is 42.8 Å². The Morgan fingerprint density at radius 1 is 0.950 bits per heavy atom. The first-order chi connectivity index (χ1) is 9.81. The monoisotopic (exact) mass is 269 g/mol. The van der Waals surface area contributed by atoms with Gasteiger partial charge in [-0.15, -0.1) is 10.2 Å². The third-order valence-electron chi connectivity index (χ3n) is 3.76. The Balaban J connectivity index is 1.65. The van der Waals surface area contributed by atoms with E-state index in [2.05, 4.69) is 20.5 Å². The van der Waals surface area contributed by atoms with E-state index in [9.17, 15) is 0 Å². The second kappa shape index (κ2) is 5.96. The Morgan fingerprint density at radius 3 is 2.35 bits per heavy atom. The number of aromatic nitrogens is 3. The highest BCUT2D eigenvalue weighted by Crippen LogP contribution is 2.21. The minimum Gasteiger partial charge on any atom is -0.366 e. The van der Waals surface area contributed by atoms with Gasteiger partial charge in [0.25, 0.3) is 0 Å². The molecular formula is C15H19N5. The molecule has 1 aliphatic rings. The quantitative estimate of drug-likeness (QED) is 0.893. The standard InChI is InChI=1S/C15H19N5/c16-12-1-3-13(4-2-12)18-15-6-5-14(19-20-15)11-7-9-17-10-8-11/h5-10,12-13H,1-4,16H2,(H,18,20). The van der Waals surface area contributed by atoms with Crippen LogP contribution < -0.4 is 11.1 Å². The van der Waals surface area contributed by atoms with Gasteiger partial charge in [-0.3, -0.25) is 4.98 Å². The maximum atomic E-state index is 5.91. The molecule has 3 N–H and O–H groups in total. The zero-order valence-corrected chi connectivity index (χ0v) is 11.4. The van der Waals surface area contributed by atoms with Gasteiger partial charge in [0.15, 0.2) is 0 Å². The lowest BCUT2D eigenvalue weighted by atomic mass is 9.92. The van der Waals surface area contributed by atoms with Crippen molar-refractivity contribution in [1.29, 1.82) is 0 Å². The van der Waals surface area contributed by atoms with Gasteiger partial charge in [-0.1, -0.05) is 0 Å². The Bertz CT molecular complexity index is 532. The summed E-state index contributed by atoms with van der Waals surface area (Å²) in [6.07, 6.45) is 7.90. The summed E-state index contributed by atoms with van der Waals surface area (Å²) in [4.78, 5) is 4.00. The number of pyridine rings is 1. The molecule has 0 bridgehead atoms. The van der Waals surface area contributed by atoms with Crippen LogP contribution >= 0.6 is 0 Å². The fraction of sp³-hybridized carbons (Fsp3) is 0.400. The van der Waals surface area contributed by atoms with Crippen molar-refractivity contribution in [2.24, 2.45) is 5.73 Å². The smallest absolute Gasteiger partial charge is 0.148 e. The number of nitrogens with one attached hydrogen (secondary N) is 1. The van der Waals surface area contributed by atoms with Crippen LogP contribution in [-0.4, -0.2) is 27.3 Å². The minimum atomic E-state index is 0.369. The van der Waals surface area contributed by atoms with Gasteiger partial charge < -0.3 is 11.1 Å². The van der Waals surface area contributed by atoms with Crippen LogP contribution in [0.2, 0.25) is 0 Å². The van der Waals surface area contributed by atoms with Crippen molar-refractivity contribution in [3.05, 3.63) is 36.7 Å². The van der Waals surface area contributed by atoms with Crippen molar-refractivity contribution in [1.82, 2.24) is 15.2 Å². The summed E-state index contributed by atoms with van der Waals surface area (Å²) in [6, 6.07) is 8.67. The van der Waals surface area contributed by atoms with E-state index in [1.54, 1.807) is 12.4 Å². The summed E-state index contributed by atoms with van der Waals surface area (Å²) in [5.41, 5.74) is 7.81. The summed E-state index contributed by atoms with van der Waals surface area (Å²) in [6.45, 7) is 0. The van der Waals surface area contributed by atoms with Gasteiger partial charge in [-0.25, -0.2) is 0 Å². The molecule has 2 aromatic rings. The van der Waals surface area contributed by atoms with Crippen LogP contribution in [0.25, 0.3) is 11.3 Å². The summed E-state index contributed by atoms with van der Waals surface area (Å²) in [7, 11) is 0. The lowest BCUT2D eigenvalue weighted by molar-refractivity contribution is 0.410. The van der Waals surface area contributed by atoms with Crippen LogP contribution in [-0.2, 0) is 0 Å². The molecule has 1 fully saturated rings. The number of rotatable bonds is 3. The van der Waals surface area contributed by atoms with Crippen LogP contribution in [0.3, 0.4) is 0 Å². The molecule has 0 aliphatic heterocycles. The highest BCUT2D eigenvalue weighted by Gasteiger charge is 2.18. The third-order valence-corrected chi connectivity index (χ3v) is 3.76. The van der Waals surface area contributed by atoms with Crippen molar-refractivity contribution in [2.45, 2.75) is 37.8 Å². The molecule has 5 nitrogen and oxygen atoms in total. The summed E-state index contributed by atoms with van der Waals surface area (Å²) in [5.74, 6) is 0.836. The molecule has 0 amide bonds. The van der Waals surface area contributed by atoms with Crippen LogP contribution in [0.4, 0.5) is 5.82 Å². The predicted molar refractivity (Wildman–Crippen MR) is 79.1 cm³/mol. The van der Waals surface area contributed by atoms with E-state index in [0.29, 0.717) is 12.1 Å². The Hall–Kier alpha value is -2.01. The SMILES string of the molecule is NC1CCC(Nc2ccc(-c3ccncc3)nn2)CC1. The van der Waals surface area contributed by atoms with Gasteiger partial charge in [0.1, 0.15) is 5.82 Å². The molecule has 1 aliphatic carbocycles. The number of hydrogen-bond acceptors (Lipinski definition) is 5. The minimum absolute atomic E-state index is 0.369. The van der Waals surface area contributed by atoms with Gasteiger partial charge in [0.05, 0.1) is 5.69 Å². The van der Waals surface area contributed by atoms with Crippen molar-refractivity contribution in [2.75, 3.05) is 5.32 Å². The van der Waals surface area contributed by atoms with E-state index in [-0.39, 0.29) is 0 Å². The number of nitrogens with zero attached hydrogens (tertiary/aromatic N) is 3. The molecule has 0 saturated heterocycles. The second-order valence-corrected chi connectivity index (χ2v) is 5.30. The van der Waals surface area contributed by atoms with Crippen molar-refractivity contribution < 1.29 is 0 Å². The van der Waals surface area contributed by atoms with Crippen LogP contribution in [0.15, 0.2) is 36.7 Å². The Morgan fingerprint density at radius 2 is 1.70 bits per heavy atom. The molecule has 20 heavy (non-hydrogen) atoms.